The molecule has 0 radical (unpaired) electrons. The second-order valence-electron chi connectivity index (χ2n) is 2.23. The molecule has 0 amide bonds. The van der Waals surface area contributed by atoms with Crippen LogP contribution in [-0.4, -0.2) is 29.2 Å². The largest absolute Gasteiger partial charge is 0.227 e. The fourth-order valence-corrected chi connectivity index (χ4v) is 1.11. The van der Waals surface area contributed by atoms with Gasteiger partial charge < -0.3 is 0 Å². The zero-order chi connectivity index (χ0) is 8.20. The standard InChI is InChI=1S/C5H15N3OS/c1-4-5-7-10(6,9)8(2)3/h4-5H2,1-3H3,(H2,6,7,9). The first-order chi connectivity index (χ1) is 4.50. The summed E-state index contributed by atoms with van der Waals surface area (Å²) in [4.78, 5) is 0. The van der Waals surface area contributed by atoms with Crippen molar-refractivity contribution >= 4 is 10.1 Å². The van der Waals surface area contributed by atoms with Crippen molar-refractivity contribution in [2.24, 2.45) is 0 Å². The summed E-state index contributed by atoms with van der Waals surface area (Å²) in [7, 11) is 0.569. The molecular weight excluding hydrogens is 150 g/mol. The third kappa shape index (κ3) is 3.14. The molecule has 0 aliphatic heterocycles. The highest BCUT2D eigenvalue weighted by atomic mass is 32.2. The fraction of sp³-hybridized carbons (Fsp3) is 1.00. The molecule has 0 aliphatic carbocycles. The van der Waals surface area contributed by atoms with Crippen LogP contribution in [0.1, 0.15) is 13.3 Å². The lowest BCUT2D eigenvalue weighted by molar-refractivity contribution is 0.573. The summed E-state index contributed by atoms with van der Waals surface area (Å²) in [6.07, 6.45) is 0.893. The Kier molecular flexibility index (Phi) is 3.85. The quantitative estimate of drug-likeness (QED) is 0.623. The van der Waals surface area contributed by atoms with Crippen LogP contribution >= 0.6 is 0 Å². The maximum atomic E-state index is 11.1. The minimum atomic E-state index is -2.68. The highest BCUT2D eigenvalue weighted by Crippen LogP contribution is 1.88. The van der Waals surface area contributed by atoms with Crippen LogP contribution in [0, 0.1) is 4.78 Å². The normalized spacial score (nSPS) is 17.2. The topological polar surface area (TPSA) is 56.2 Å². The lowest BCUT2D eigenvalue weighted by atomic mass is 10.5. The predicted molar refractivity (Wildman–Crippen MR) is 42.8 cm³/mol. The Balaban J connectivity index is 3.90. The Morgan fingerprint density at radius 3 is 2.40 bits per heavy atom. The van der Waals surface area contributed by atoms with Gasteiger partial charge in [0.2, 0.25) is 0 Å². The maximum absolute atomic E-state index is 11.1. The molecule has 0 bridgehead atoms. The average Bonchev–Trinajstić information content (AvgIpc) is 1.84. The van der Waals surface area contributed by atoms with Crippen LogP contribution in [-0.2, 0) is 10.1 Å². The molecular formula is C5H15N3OS. The Morgan fingerprint density at radius 2 is 2.10 bits per heavy atom. The number of nitrogens with zero attached hydrogens (tertiary/aromatic N) is 1. The fourth-order valence-electron chi connectivity index (χ4n) is 0.370. The van der Waals surface area contributed by atoms with Gasteiger partial charge in [-0.25, -0.2) is 18.0 Å². The molecule has 2 N–H and O–H groups in total. The van der Waals surface area contributed by atoms with Gasteiger partial charge in [0.15, 0.2) is 10.1 Å². The molecule has 0 aromatic carbocycles. The lowest BCUT2D eigenvalue weighted by Crippen LogP contribution is -2.34. The third-order valence-corrected chi connectivity index (χ3v) is 2.69. The lowest BCUT2D eigenvalue weighted by Gasteiger charge is -2.14. The second kappa shape index (κ2) is 3.90. The molecule has 1 unspecified atom stereocenters. The Bertz CT molecular complexity index is 173. The van der Waals surface area contributed by atoms with Gasteiger partial charge in [0, 0.05) is 20.6 Å². The highest BCUT2D eigenvalue weighted by molar-refractivity contribution is 7.88. The van der Waals surface area contributed by atoms with Gasteiger partial charge in [-0.15, -0.1) is 0 Å². The average molecular weight is 165 g/mol. The summed E-state index contributed by atoms with van der Waals surface area (Å²) in [6, 6.07) is 0. The monoisotopic (exact) mass is 165 g/mol. The van der Waals surface area contributed by atoms with Crippen LogP contribution in [0.4, 0.5) is 0 Å². The van der Waals surface area contributed by atoms with E-state index in [-0.39, 0.29) is 0 Å². The van der Waals surface area contributed by atoms with Crippen molar-refractivity contribution in [1.82, 2.24) is 9.03 Å². The van der Waals surface area contributed by atoms with Crippen molar-refractivity contribution in [2.75, 3.05) is 20.6 Å². The van der Waals surface area contributed by atoms with E-state index in [0.29, 0.717) is 6.54 Å². The van der Waals surface area contributed by atoms with E-state index in [0.717, 1.165) is 6.42 Å². The molecule has 5 heteroatoms. The van der Waals surface area contributed by atoms with Gasteiger partial charge in [0.1, 0.15) is 0 Å². The summed E-state index contributed by atoms with van der Waals surface area (Å²) < 4.78 is 22.4. The molecule has 0 saturated heterocycles. The first-order valence-electron chi connectivity index (χ1n) is 3.21. The van der Waals surface area contributed by atoms with Crippen LogP contribution in [0.3, 0.4) is 0 Å². The van der Waals surface area contributed by atoms with Gasteiger partial charge in [0.05, 0.1) is 0 Å². The van der Waals surface area contributed by atoms with Crippen molar-refractivity contribution in [3.05, 3.63) is 0 Å². The van der Waals surface area contributed by atoms with Crippen LogP contribution < -0.4 is 4.72 Å². The van der Waals surface area contributed by atoms with Gasteiger partial charge in [-0.1, -0.05) is 6.92 Å². The molecule has 1 atom stereocenters. The minimum absolute atomic E-state index is 0.626. The molecule has 0 fully saturated rings. The first kappa shape index (κ1) is 9.87. The molecule has 0 spiro atoms. The SMILES string of the molecule is CCCNS(=N)(=O)N(C)C. The van der Waals surface area contributed by atoms with Crippen molar-refractivity contribution in [3.63, 3.8) is 0 Å². The summed E-state index contributed by atoms with van der Waals surface area (Å²) in [6.45, 7) is 2.60. The van der Waals surface area contributed by atoms with Gasteiger partial charge in [-0.2, -0.15) is 0 Å². The van der Waals surface area contributed by atoms with Gasteiger partial charge >= 0.3 is 0 Å². The number of nitrogens with one attached hydrogen (secondary N) is 2. The predicted octanol–water partition coefficient (Wildman–Crippen LogP) is 0.424. The molecule has 0 aromatic rings. The Labute approximate surface area is 62.8 Å². The summed E-state index contributed by atoms with van der Waals surface area (Å²) in [5.74, 6) is 0. The minimum Gasteiger partial charge on any atom is -0.227 e. The number of hydrogen-bond acceptors (Lipinski definition) is 2. The van der Waals surface area contributed by atoms with Crippen molar-refractivity contribution in [3.8, 4) is 0 Å². The zero-order valence-electron chi connectivity index (χ0n) is 6.68. The van der Waals surface area contributed by atoms with E-state index in [1.54, 1.807) is 14.1 Å². The zero-order valence-corrected chi connectivity index (χ0v) is 7.49. The third-order valence-electron chi connectivity index (χ3n) is 1.06. The van der Waals surface area contributed by atoms with E-state index >= 15 is 0 Å². The summed E-state index contributed by atoms with van der Waals surface area (Å²) in [5.41, 5.74) is 0. The van der Waals surface area contributed by atoms with E-state index in [9.17, 15) is 4.21 Å². The van der Waals surface area contributed by atoms with Crippen molar-refractivity contribution in [1.29, 1.82) is 4.78 Å². The van der Waals surface area contributed by atoms with Gasteiger partial charge in [0.25, 0.3) is 0 Å². The Morgan fingerprint density at radius 1 is 1.60 bits per heavy atom. The molecule has 4 nitrogen and oxygen atoms in total. The van der Waals surface area contributed by atoms with Gasteiger partial charge in [-0.05, 0) is 6.42 Å². The van der Waals surface area contributed by atoms with E-state index < -0.39 is 10.1 Å². The van der Waals surface area contributed by atoms with Gasteiger partial charge in [-0.3, -0.25) is 0 Å². The Hall–Kier alpha value is -0.130. The van der Waals surface area contributed by atoms with E-state index in [2.05, 4.69) is 4.72 Å². The van der Waals surface area contributed by atoms with Crippen LogP contribution in [0.2, 0.25) is 0 Å². The van der Waals surface area contributed by atoms with Crippen LogP contribution in [0.25, 0.3) is 0 Å². The molecule has 0 saturated carbocycles. The van der Waals surface area contributed by atoms with E-state index in [4.69, 9.17) is 4.78 Å². The number of hydrogen-bond donors (Lipinski definition) is 2. The van der Waals surface area contributed by atoms with Crippen molar-refractivity contribution in [2.45, 2.75) is 13.3 Å². The summed E-state index contributed by atoms with van der Waals surface area (Å²) in [5, 5.41) is 0. The molecule has 0 rings (SSSR count). The molecule has 0 heterocycles. The maximum Gasteiger partial charge on any atom is 0.172 e. The summed E-state index contributed by atoms with van der Waals surface area (Å²) >= 11 is 0. The van der Waals surface area contributed by atoms with Crippen molar-refractivity contribution < 1.29 is 4.21 Å². The number of rotatable bonds is 4. The molecule has 10 heavy (non-hydrogen) atoms. The molecule has 0 aliphatic rings. The van der Waals surface area contributed by atoms with E-state index in [1.165, 1.54) is 4.31 Å². The molecule has 62 valence electrons. The highest BCUT2D eigenvalue weighted by Gasteiger charge is 2.05. The van der Waals surface area contributed by atoms with E-state index in [1.807, 2.05) is 6.92 Å². The first-order valence-corrected chi connectivity index (χ1v) is 4.73. The van der Waals surface area contributed by atoms with Crippen LogP contribution in [0.5, 0.6) is 0 Å². The smallest absolute Gasteiger partial charge is 0.172 e. The van der Waals surface area contributed by atoms with Crippen LogP contribution in [0.15, 0.2) is 0 Å². The molecule has 0 aromatic heterocycles. The second-order valence-corrected chi connectivity index (χ2v) is 4.30.